The van der Waals surface area contributed by atoms with E-state index >= 15 is 0 Å². The lowest BCUT2D eigenvalue weighted by Gasteiger charge is -2.05. The molecule has 2 aromatic heterocycles. The average molecular weight is 341 g/mol. The molecule has 0 bridgehead atoms. The highest BCUT2D eigenvalue weighted by molar-refractivity contribution is 5.93. The van der Waals surface area contributed by atoms with Gasteiger partial charge in [0.2, 0.25) is 5.56 Å². The van der Waals surface area contributed by atoms with Gasteiger partial charge in [0.1, 0.15) is 5.82 Å². The quantitative estimate of drug-likeness (QED) is 0.733. The standard InChI is InChI=1S/C17H16FN5O2/c1-11-16(17(25)20-9-13-4-7-15(24)19-8-13)21-22-23(11)10-12-2-5-14(18)6-3-12/h2-8H,9-10H2,1H3,(H,19,24)(H,20,25). The van der Waals surface area contributed by atoms with Crippen molar-refractivity contribution in [1.82, 2.24) is 25.3 Å². The summed E-state index contributed by atoms with van der Waals surface area (Å²) >= 11 is 0. The molecule has 1 aromatic carbocycles. The molecule has 3 rings (SSSR count). The number of H-pyrrole nitrogens is 1. The van der Waals surface area contributed by atoms with Crippen LogP contribution in [0.15, 0.2) is 47.4 Å². The van der Waals surface area contributed by atoms with E-state index in [0.717, 1.165) is 11.1 Å². The second kappa shape index (κ2) is 7.08. The van der Waals surface area contributed by atoms with Gasteiger partial charge in [0.15, 0.2) is 5.69 Å². The number of pyridine rings is 1. The van der Waals surface area contributed by atoms with E-state index in [0.29, 0.717) is 12.2 Å². The molecule has 128 valence electrons. The van der Waals surface area contributed by atoms with Crippen LogP contribution >= 0.6 is 0 Å². The van der Waals surface area contributed by atoms with Crippen molar-refractivity contribution in [1.29, 1.82) is 0 Å². The van der Waals surface area contributed by atoms with Crippen molar-refractivity contribution in [2.75, 3.05) is 0 Å². The van der Waals surface area contributed by atoms with Gasteiger partial charge in [0.25, 0.3) is 5.91 Å². The van der Waals surface area contributed by atoms with Gasteiger partial charge in [0, 0.05) is 18.8 Å². The average Bonchev–Trinajstić information content (AvgIpc) is 2.97. The largest absolute Gasteiger partial charge is 0.346 e. The third-order valence-electron chi connectivity index (χ3n) is 3.74. The molecule has 0 aliphatic carbocycles. The fourth-order valence-corrected chi connectivity index (χ4v) is 2.30. The number of amides is 1. The summed E-state index contributed by atoms with van der Waals surface area (Å²) in [5.41, 5.74) is 2.27. The lowest BCUT2D eigenvalue weighted by molar-refractivity contribution is 0.0945. The number of aromatic amines is 1. The maximum Gasteiger partial charge on any atom is 0.274 e. The minimum Gasteiger partial charge on any atom is -0.346 e. The van der Waals surface area contributed by atoms with Gasteiger partial charge in [-0.25, -0.2) is 9.07 Å². The molecular formula is C17H16FN5O2. The van der Waals surface area contributed by atoms with E-state index in [1.54, 1.807) is 36.0 Å². The van der Waals surface area contributed by atoms with Crippen LogP contribution in [0.5, 0.6) is 0 Å². The monoisotopic (exact) mass is 341 g/mol. The summed E-state index contributed by atoms with van der Waals surface area (Å²) in [5, 5.41) is 10.6. The first-order valence-corrected chi connectivity index (χ1v) is 7.63. The van der Waals surface area contributed by atoms with Crippen molar-refractivity contribution in [2.45, 2.75) is 20.0 Å². The molecule has 2 heterocycles. The summed E-state index contributed by atoms with van der Waals surface area (Å²) in [6, 6.07) is 9.10. The summed E-state index contributed by atoms with van der Waals surface area (Å²) in [7, 11) is 0. The Balaban J connectivity index is 1.67. The summed E-state index contributed by atoms with van der Waals surface area (Å²) in [6.45, 7) is 2.41. The zero-order valence-electron chi connectivity index (χ0n) is 13.5. The molecule has 0 saturated carbocycles. The van der Waals surface area contributed by atoms with E-state index in [1.165, 1.54) is 18.2 Å². The zero-order chi connectivity index (χ0) is 17.8. The number of nitrogens with one attached hydrogen (secondary N) is 2. The van der Waals surface area contributed by atoms with Crippen LogP contribution in [0.4, 0.5) is 4.39 Å². The molecule has 2 N–H and O–H groups in total. The molecule has 0 saturated heterocycles. The fourth-order valence-electron chi connectivity index (χ4n) is 2.30. The number of aromatic nitrogens is 4. The van der Waals surface area contributed by atoms with Gasteiger partial charge < -0.3 is 10.3 Å². The molecule has 7 nitrogen and oxygen atoms in total. The van der Waals surface area contributed by atoms with E-state index in [-0.39, 0.29) is 29.5 Å². The van der Waals surface area contributed by atoms with E-state index < -0.39 is 0 Å². The number of hydrogen-bond donors (Lipinski definition) is 2. The Morgan fingerprint density at radius 2 is 1.92 bits per heavy atom. The Kier molecular flexibility index (Phi) is 4.69. The third-order valence-corrected chi connectivity index (χ3v) is 3.74. The zero-order valence-corrected chi connectivity index (χ0v) is 13.5. The number of hydrogen-bond acceptors (Lipinski definition) is 4. The van der Waals surface area contributed by atoms with Gasteiger partial charge in [0.05, 0.1) is 12.2 Å². The molecule has 0 spiro atoms. The molecule has 0 fully saturated rings. The number of carbonyl (C=O) groups excluding carboxylic acids is 1. The van der Waals surface area contributed by atoms with Crippen molar-refractivity contribution < 1.29 is 9.18 Å². The van der Waals surface area contributed by atoms with Crippen LogP contribution < -0.4 is 10.9 Å². The molecule has 0 atom stereocenters. The normalized spacial score (nSPS) is 10.6. The summed E-state index contributed by atoms with van der Waals surface area (Å²) in [4.78, 5) is 25.8. The van der Waals surface area contributed by atoms with Crippen molar-refractivity contribution in [3.05, 3.63) is 81.3 Å². The Labute approximate surface area is 142 Å². The third kappa shape index (κ3) is 3.97. The minimum atomic E-state index is -0.353. The molecule has 0 radical (unpaired) electrons. The van der Waals surface area contributed by atoms with Gasteiger partial charge in [-0.1, -0.05) is 23.4 Å². The first-order chi connectivity index (χ1) is 12.0. The fraction of sp³-hybridized carbons (Fsp3) is 0.176. The van der Waals surface area contributed by atoms with Crippen LogP contribution in [-0.4, -0.2) is 25.9 Å². The van der Waals surface area contributed by atoms with Gasteiger partial charge >= 0.3 is 0 Å². The predicted octanol–water partition coefficient (Wildman–Crippen LogP) is 1.39. The SMILES string of the molecule is Cc1c(C(=O)NCc2ccc(=O)[nH]c2)nnn1Cc1ccc(F)cc1. The van der Waals surface area contributed by atoms with E-state index in [2.05, 4.69) is 20.6 Å². The molecule has 25 heavy (non-hydrogen) atoms. The van der Waals surface area contributed by atoms with Gasteiger partial charge in [-0.15, -0.1) is 5.10 Å². The minimum absolute atomic E-state index is 0.199. The Hall–Kier alpha value is -3.29. The molecule has 8 heteroatoms. The first-order valence-electron chi connectivity index (χ1n) is 7.63. The van der Waals surface area contributed by atoms with Crippen LogP contribution in [0.25, 0.3) is 0 Å². The second-order valence-electron chi connectivity index (χ2n) is 5.55. The van der Waals surface area contributed by atoms with Crippen molar-refractivity contribution in [3.8, 4) is 0 Å². The number of benzene rings is 1. The maximum atomic E-state index is 13.0. The van der Waals surface area contributed by atoms with Gasteiger partial charge in [-0.05, 0) is 30.2 Å². The second-order valence-corrected chi connectivity index (χ2v) is 5.55. The van der Waals surface area contributed by atoms with E-state index in [1.807, 2.05) is 0 Å². The molecule has 0 unspecified atom stereocenters. The predicted molar refractivity (Wildman–Crippen MR) is 88.5 cm³/mol. The highest BCUT2D eigenvalue weighted by atomic mass is 19.1. The van der Waals surface area contributed by atoms with Crippen LogP contribution in [0, 0.1) is 12.7 Å². The van der Waals surface area contributed by atoms with Crippen LogP contribution in [0.2, 0.25) is 0 Å². The molecule has 1 amide bonds. The van der Waals surface area contributed by atoms with Crippen LogP contribution in [0.3, 0.4) is 0 Å². The number of carbonyl (C=O) groups is 1. The summed E-state index contributed by atoms with van der Waals surface area (Å²) < 4.78 is 14.5. The highest BCUT2D eigenvalue weighted by Crippen LogP contribution is 2.09. The van der Waals surface area contributed by atoms with Crippen LogP contribution in [-0.2, 0) is 13.1 Å². The van der Waals surface area contributed by atoms with Crippen molar-refractivity contribution >= 4 is 5.91 Å². The smallest absolute Gasteiger partial charge is 0.274 e. The Morgan fingerprint density at radius 1 is 1.20 bits per heavy atom. The van der Waals surface area contributed by atoms with Gasteiger partial charge in [-0.3, -0.25) is 9.59 Å². The lowest BCUT2D eigenvalue weighted by Crippen LogP contribution is -2.24. The van der Waals surface area contributed by atoms with Gasteiger partial charge in [-0.2, -0.15) is 0 Å². The molecule has 0 aliphatic heterocycles. The number of rotatable bonds is 5. The van der Waals surface area contributed by atoms with Crippen molar-refractivity contribution in [3.63, 3.8) is 0 Å². The van der Waals surface area contributed by atoms with E-state index in [9.17, 15) is 14.0 Å². The number of halogens is 1. The Bertz CT molecular complexity index is 926. The first kappa shape index (κ1) is 16.6. The summed E-state index contributed by atoms with van der Waals surface area (Å²) in [5.74, 6) is -0.657. The molecular weight excluding hydrogens is 325 g/mol. The van der Waals surface area contributed by atoms with E-state index in [4.69, 9.17) is 0 Å². The Morgan fingerprint density at radius 3 is 2.60 bits per heavy atom. The highest BCUT2D eigenvalue weighted by Gasteiger charge is 2.16. The summed E-state index contributed by atoms with van der Waals surface area (Å²) in [6.07, 6.45) is 1.54. The lowest BCUT2D eigenvalue weighted by atomic mass is 10.2. The molecule has 3 aromatic rings. The maximum absolute atomic E-state index is 13.0. The topological polar surface area (TPSA) is 92.7 Å². The molecule has 0 aliphatic rings. The number of nitrogens with zero attached hydrogens (tertiary/aromatic N) is 3. The van der Waals surface area contributed by atoms with Crippen LogP contribution in [0.1, 0.15) is 27.3 Å². The van der Waals surface area contributed by atoms with Crippen molar-refractivity contribution in [2.24, 2.45) is 0 Å².